The first-order chi connectivity index (χ1) is 12.5. The molecule has 0 unspecified atom stereocenters. The number of aromatic nitrogens is 1. The van der Waals surface area contributed by atoms with Gasteiger partial charge in [-0.3, -0.25) is 14.6 Å². The average Bonchev–Trinajstić information content (AvgIpc) is 2.68. The van der Waals surface area contributed by atoms with Crippen molar-refractivity contribution in [1.29, 1.82) is 0 Å². The highest BCUT2D eigenvalue weighted by Crippen LogP contribution is 2.21. The topological polar surface area (TPSA) is 76.3 Å². The Hall–Kier alpha value is -3.54. The van der Waals surface area contributed by atoms with Crippen molar-refractivity contribution >= 4 is 17.5 Å². The molecule has 0 saturated heterocycles. The zero-order valence-electron chi connectivity index (χ0n) is 13.8. The van der Waals surface area contributed by atoms with Gasteiger partial charge in [-0.05, 0) is 48.0 Å². The Labute approximate surface area is 149 Å². The molecule has 0 aliphatic rings. The summed E-state index contributed by atoms with van der Waals surface area (Å²) in [6.45, 7) is 0.192. The number of amides is 2. The van der Waals surface area contributed by atoms with Gasteiger partial charge in [-0.1, -0.05) is 24.3 Å². The van der Waals surface area contributed by atoms with Crippen LogP contribution < -0.4 is 10.6 Å². The van der Waals surface area contributed by atoms with Crippen LogP contribution in [0.5, 0.6) is 0 Å². The molecule has 1 heterocycles. The van der Waals surface area contributed by atoms with E-state index in [1.54, 1.807) is 54.6 Å². The Bertz CT molecular complexity index is 927. The first-order valence-corrected chi connectivity index (χ1v) is 7.92. The summed E-state index contributed by atoms with van der Waals surface area (Å²) in [5.41, 5.74) is 7.14. The van der Waals surface area contributed by atoms with Crippen molar-refractivity contribution in [2.45, 2.75) is 6.54 Å². The lowest BCUT2D eigenvalue weighted by Crippen LogP contribution is -2.31. The van der Waals surface area contributed by atoms with E-state index >= 15 is 0 Å². The second-order valence-electron chi connectivity index (χ2n) is 5.65. The van der Waals surface area contributed by atoms with Crippen LogP contribution in [0.2, 0.25) is 0 Å². The highest BCUT2D eigenvalue weighted by Gasteiger charge is 2.20. The van der Waals surface area contributed by atoms with Crippen molar-refractivity contribution in [3.05, 3.63) is 95.6 Å². The van der Waals surface area contributed by atoms with E-state index < -0.39 is 5.91 Å². The van der Waals surface area contributed by atoms with Crippen molar-refractivity contribution in [2.75, 3.05) is 4.90 Å². The van der Waals surface area contributed by atoms with E-state index in [1.165, 1.54) is 23.2 Å². The van der Waals surface area contributed by atoms with E-state index in [1.807, 2.05) is 0 Å². The molecule has 0 radical (unpaired) electrons. The van der Waals surface area contributed by atoms with Gasteiger partial charge >= 0.3 is 0 Å². The average molecular weight is 349 g/mol. The third kappa shape index (κ3) is 3.92. The summed E-state index contributed by atoms with van der Waals surface area (Å²) >= 11 is 0. The Kier molecular flexibility index (Phi) is 5.03. The number of hydrogen-bond acceptors (Lipinski definition) is 3. The van der Waals surface area contributed by atoms with Gasteiger partial charge in [-0.15, -0.1) is 0 Å². The number of benzene rings is 2. The Morgan fingerprint density at radius 3 is 2.42 bits per heavy atom. The van der Waals surface area contributed by atoms with Crippen LogP contribution in [-0.2, 0) is 6.54 Å². The zero-order chi connectivity index (χ0) is 18.5. The lowest BCUT2D eigenvalue weighted by molar-refractivity contribution is 0.0975. The van der Waals surface area contributed by atoms with E-state index in [0.717, 1.165) is 5.56 Å². The predicted molar refractivity (Wildman–Crippen MR) is 96.1 cm³/mol. The monoisotopic (exact) mass is 349 g/mol. The van der Waals surface area contributed by atoms with Gasteiger partial charge in [-0.2, -0.15) is 0 Å². The fourth-order valence-corrected chi connectivity index (χ4v) is 2.51. The Morgan fingerprint density at radius 2 is 1.77 bits per heavy atom. The van der Waals surface area contributed by atoms with E-state index in [0.29, 0.717) is 11.3 Å². The maximum atomic E-state index is 13.2. The lowest BCUT2D eigenvalue weighted by atomic mass is 10.1. The van der Waals surface area contributed by atoms with Crippen LogP contribution in [-0.4, -0.2) is 16.8 Å². The lowest BCUT2D eigenvalue weighted by Gasteiger charge is -2.23. The molecule has 5 nitrogen and oxygen atoms in total. The molecule has 130 valence electrons. The molecule has 0 atom stereocenters. The Balaban J connectivity index is 2.00. The highest BCUT2D eigenvalue weighted by atomic mass is 19.1. The largest absolute Gasteiger partial charge is 0.366 e. The summed E-state index contributed by atoms with van der Waals surface area (Å²) in [6, 6.07) is 17.4. The number of nitrogens with two attached hydrogens (primary N) is 1. The summed E-state index contributed by atoms with van der Waals surface area (Å²) < 4.78 is 13.2. The van der Waals surface area contributed by atoms with Crippen LogP contribution in [0, 0.1) is 5.82 Å². The van der Waals surface area contributed by atoms with Crippen LogP contribution in [0.3, 0.4) is 0 Å². The maximum absolute atomic E-state index is 13.2. The molecule has 26 heavy (non-hydrogen) atoms. The van der Waals surface area contributed by atoms with E-state index in [-0.39, 0.29) is 24.0 Å². The predicted octanol–water partition coefficient (Wildman–Crippen LogP) is 3.17. The van der Waals surface area contributed by atoms with Gasteiger partial charge in [0.15, 0.2) is 0 Å². The number of halogens is 1. The van der Waals surface area contributed by atoms with Gasteiger partial charge in [0.05, 0.1) is 6.54 Å². The van der Waals surface area contributed by atoms with E-state index in [9.17, 15) is 14.0 Å². The molecule has 0 saturated carbocycles. The fraction of sp³-hybridized carbons (Fsp3) is 0.0500. The van der Waals surface area contributed by atoms with Crippen molar-refractivity contribution < 1.29 is 14.0 Å². The molecule has 2 amide bonds. The summed E-state index contributed by atoms with van der Waals surface area (Å²) in [4.78, 5) is 30.0. The number of carbonyl (C=O) groups is 2. The standard InChI is InChI=1S/C20H16FN3O2/c21-16-9-7-14(8-10-16)13-24(20(26)18-6-1-2-11-23-18)17-5-3-4-15(12-17)19(22)25/h1-12H,13H2,(H2,22,25). The smallest absolute Gasteiger partial charge is 0.277 e. The Morgan fingerprint density at radius 1 is 1.00 bits per heavy atom. The number of primary amides is 1. The van der Waals surface area contributed by atoms with Gasteiger partial charge in [0.25, 0.3) is 5.91 Å². The number of anilines is 1. The summed E-state index contributed by atoms with van der Waals surface area (Å²) in [7, 11) is 0. The van der Waals surface area contributed by atoms with Crippen LogP contribution in [0.1, 0.15) is 26.4 Å². The first-order valence-electron chi connectivity index (χ1n) is 7.92. The molecule has 0 bridgehead atoms. The molecule has 0 fully saturated rings. The molecule has 3 aromatic rings. The minimum absolute atomic E-state index is 0.192. The molecule has 0 aliphatic heterocycles. The van der Waals surface area contributed by atoms with Gasteiger partial charge in [-0.25, -0.2) is 4.39 Å². The van der Waals surface area contributed by atoms with Gasteiger partial charge in [0.2, 0.25) is 5.91 Å². The SMILES string of the molecule is NC(=O)c1cccc(N(Cc2ccc(F)cc2)C(=O)c2ccccn2)c1. The summed E-state index contributed by atoms with van der Waals surface area (Å²) in [6.07, 6.45) is 1.53. The third-order valence-corrected chi connectivity index (χ3v) is 3.83. The zero-order valence-corrected chi connectivity index (χ0v) is 13.8. The summed E-state index contributed by atoms with van der Waals surface area (Å²) in [5.74, 6) is -1.28. The molecule has 0 aliphatic carbocycles. The molecule has 2 N–H and O–H groups in total. The van der Waals surface area contributed by atoms with Crippen molar-refractivity contribution in [3.8, 4) is 0 Å². The fourth-order valence-electron chi connectivity index (χ4n) is 2.51. The van der Waals surface area contributed by atoms with Crippen molar-refractivity contribution in [2.24, 2.45) is 5.73 Å². The number of rotatable bonds is 5. The van der Waals surface area contributed by atoms with Gasteiger partial charge in [0.1, 0.15) is 11.5 Å². The maximum Gasteiger partial charge on any atom is 0.277 e. The number of pyridine rings is 1. The minimum Gasteiger partial charge on any atom is -0.366 e. The first kappa shape index (κ1) is 17.3. The highest BCUT2D eigenvalue weighted by molar-refractivity contribution is 6.05. The van der Waals surface area contributed by atoms with E-state index in [2.05, 4.69) is 4.98 Å². The number of nitrogens with zero attached hydrogens (tertiary/aromatic N) is 2. The normalized spacial score (nSPS) is 10.3. The molecular weight excluding hydrogens is 333 g/mol. The van der Waals surface area contributed by atoms with Crippen LogP contribution in [0.4, 0.5) is 10.1 Å². The van der Waals surface area contributed by atoms with Crippen molar-refractivity contribution in [1.82, 2.24) is 4.98 Å². The van der Waals surface area contributed by atoms with Crippen LogP contribution in [0.25, 0.3) is 0 Å². The molecule has 0 spiro atoms. The summed E-state index contributed by atoms with van der Waals surface area (Å²) in [5, 5.41) is 0. The molecule has 6 heteroatoms. The number of hydrogen-bond donors (Lipinski definition) is 1. The van der Waals surface area contributed by atoms with Crippen LogP contribution >= 0.6 is 0 Å². The molecule has 2 aromatic carbocycles. The van der Waals surface area contributed by atoms with Gasteiger partial charge in [0, 0.05) is 17.4 Å². The van der Waals surface area contributed by atoms with E-state index in [4.69, 9.17) is 5.73 Å². The second-order valence-corrected chi connectivity index (χ2v) is 5.65. The third-order valence-electron chi connectivity index (χ3n) is 3.83. The van der Waals surface area contributed by atoms with Crippen molar-refractivity contribution in [3.63, 3.8) is 0 Å². The van der Waals surface area contributed by atoms with Gasteiger partial charge < -0.3 is 10.6 Å². The minimum atomic E-state index is -0.584. The van der Waals surface area contributed by atoms with Crippen LogP contribution in [0.15, 0.2) is 72.9 Å². The molecule has 3 rings (SSSR count). The molecule has 1 aromatic heterocycles. The number of carbonyl (C=O) groups excluding carboxylic acids is 2. The molecular formula is C20H16FN3O2. The quantitative estimate of drug-likeness (QED) is 0.769. The second kappa shape index (κ2) is 7.57.